The number of nitrogens with zero attached hydrogens (tertiary/aromatic N) is 2. The summed E-state index contributed by atoms with van der Waals surface area (Å²) >= 11 is 4.92. The molecule has 1 aliphatic carbocycles. The molecule has 0 N–H and O–H groups in total. The topological polar surface area (TPSA) is 43.6 Å². The Labute approximate surface area is 219 Å². The van der Waals surface area contributed by atoms with Crippen molar-refractivity contribution in [3.05, 3.63) is 125 Å². The number of hydrogen-bond donors (Lipinski definition) is 0. The summed E-state index contributed by atoms with van der Waals surface area (Å²) in [6, 6.07) is 20.2. The second-order valence-corrected chi connectivity index (χ2v) is 10.7. The van der Waals surface area contributed by atoms with Crippen molar-refractivity contribution in [3.8, 4) is 5.75 Å². The van der Waals surface area contributed by atoms with Crippen LogP contribution in [0.2, 0.25) is 0 Å². The summed E-state index contributed by atoms with van der Waals surface area (Å²) in [7, 11) is 0. The Hall–Kier alpha value is -3.29. The van der Waals surface area contributed by atoms with E-state index in [2.05, 4.69) is 28.1 Å². The maximum atomic E-state index is 14.3. The summed E-state index contributed by atoms with van der Waals surface area (Å²) in [6.07, 6.45) is 3.51. The molecule has 180 valence electrons. The molecule has 1 unspecified atom stereocenters. The van der Waals surface area contributed by atoms with Gasteiger partial charge >= 0.3 is 0 Å². The van der Waals surface area contributed by atoms with Crippen LogP contribution in [-0.4, -0.2) is 11.2 Å². The van der Waals surface area contributed by atoms with Crippen LogP contribution in [0.4, 0.5) is 4.39 Å². The largest absolute Gasteiger partial charge is 0.493 e. The van der Waals surface area contributed by atoms with E-state index in [-0.39, 0.29) is 11.4 Å². The molecule has 0 radical (unpaired) electrons. The Balaban J connectivity index is 1.57. The highest BCUT2D eigenvalue weighted by molar-refractivity contribution is 9.10. The van der Waals surface area contributed by atoms with Gasteiger partial charge in [0.2, 0.25) is 0 Å². The van der Waals surface area contributed by atoms with Gasteiger partial charge in [-0.05, 0) is 88.3 Å². The molecule has 1 atom stereocenters. The van der Waals surface area contributed by atoms with Crippen LogP contribution in [0, 0.1) is 5.82 Å². The number of halogens is 2. The number of thiazole rings is 1. The molecular weight excluding hydrogens is 539 g/mol. The van der Waals surface area contributed by atoms with Crippen LogP contribution in [-0.2, 0) is 6.42 Å². The predicted molar refractivity (Wildman–Crippen MR) is 144 cm³/mol. The summed E-state index contributed by atoms with van der Waals surface area (Å²) in [6.45, 7) is 2.51. The average Bonchev–Trinajstić information content (AvgIpc) is 3.18. The first kappa shape index (κ1) is 23.1. The van der Waals surface area contributed by atoms with Gasteiger partial charge in [-0.3, -0.25) is 9.36 Å². The first-order valence-electron chi connectivity index (χ1n) is 11.8. The van der Waals surface area contributed by atoms with Crippen molar-refractivity contribution >= 4 is 39.0 Å². The zero-order valence-corrected chi connectivity index (χ0v) is 21.9. The molecule has 4 aromatic rings. The van der Waals surface area contributed by atoms with E-state index in [0.29, 0.717) is 15.9 Å². The molecule has 0 amide bonds. The third-order valence-corrected chi connectivity index (χ3v) is 8.19. The maximum absolute atomic E-state index is 14.3. The Morgan fingerprint density at radius 1 is 1.14 bits per heavy atom. The van der Waals surface area contributed by atoms with E-state index >= 15 is 0 Å². The summed E-state index contributed by atoms with van der Waals surface area (Å²) in [5.41, 5.74) is 5.82. The van der Waals surface area contributed by atoms with Crippen molar-refractivity contribution in [2.24, 2.45) is 4.99 Å². The second-order valence-electron chi connectivity index (χ2n) is 8.79. The minimum atomic E-state index is -0.394. The number of aryl methyl sites for hydroxylation is 1. The smallest absolute Gasteiger partial charge is 0.271 e. The van der Waals surface area contributed by atoms with E-state index < -0.39 is 6.04 Å². The zero-order valence-electron chi connectivity index (χ0n) is 19.5. The van der Waals surface area contributed by atoms with Gasteiger partial charge in [0.05, 0.1) is 27.4 Å². The molecule has 36 heavy (non-hydrogen) atoms. The van der Waals surface area contributed by atoms with Gasteiger partial charge in [0.1, 0.15) is 11.6 Å². The van der Waals surface area contributed by atoms with Crippen LogP contribution in [0.5, 0.6) is 5.75 Å². The molecular formula is C29H22BrFN2O2S. The van der Waals surface area contributed by atoms with Crippen molar-refractivity contribution in [2.75, 3.05) is 6.61 Å². The van der Waals surface area contributed by atoms with E-state index in [1.165, 1.54) is 29.0 Å². The van der Waals surface area contributed by atoms with Gasteiger partial charge < -0.3 is 4.74 Å². The molecule has 0 bridgehead atoms. The lowest BCUT2D eigenvalue weighted by Gasteiger charge is -2.30. The lowest BCUT2D eigenvalue weighted by atomic mass is 9.83. The van der Waals surface area contributed by atoms with E-state index in [9.17, 15) is 9.18 Å². The van der Waals surface area contributed by atoms with Crippen LogP contribution >= 0.6 is 27.3 Å². The van der Waals surface area contributed by atoms with Crippen molar-refractivity contribution in [2.45, 2.75) is 25.8 Å². The fourth-order valence-corrected chi connectivity index (χ4v) is 6.54. The number of allylic oxidation sites excluding steroid dienone is 1. The Kier molecular flexibility index (Phi) is 5.97. The Morgan fingerprint density at radius 2 is 2.00 bits per heavy atom. The highest BCUT2D eigenvalue weighted by atomic mass is 79.9. The fraction of sp³-hybridized carbons (Fsp3) is 0.172. The van der Waals surface area contributed by atoms with Crippen LogP contribution < -0.4 is 19.6 Å². The Bertz CT molecular complexity index is 1720. The van der Waals surface area contributed by atoms with Gasteiger partial charge in [0, 0.05) is 5.56 Å². The normalized spacial score (nSPS) is 16.8. The number of fused-ring (bicyclic) bond motifs is 3. The molecule has 3 aromatic carbocycles. The summed E-state index contributed by atoms with van der Waals surface area (Å²) in [4.78, 5) is 19.4. The van der Waals surface area contributed by atoms with E-state index in [1.54, 1.807) is 10.6 Å². The quantitative estimate of drug-likeness (QED) is 0.325. The minimum absolute atomic E-state index is 0.122. The number of benzene rings is 3. The molecule has 1 aromatic heterocycles. The van der Waals surface area contributed by atoms with E-state index in [1.807, 2.05) is 49.4 Å². The molecule has 7 heteroatoms. The first-order chi connectivity index (χ1) is 17.5. The van der Waals surface area contributed by atoms with E-state index in [4.69, 9.17) is 9.73 Å². The monoisotopic (exact) mass is 560 g/mol. The third-order valence-electron chi connectivity index (χ3n) is 6.59. The molecule has 6 rings (SSSR count). The molecule has 1 aliphatic heterocycles. The standard InChI is InChI=1S/C29H22BrFN2O2S/c1-2-35-24-13-10-17(14-23(24)30)15-25-28(34)33-27(19-7-5-8-20(31)16-19)22-12-11-18-6-3-4-9-21(18)26(22)32-29(33)36-25/h3-10,13-16,27H,2,11-12H2,1H3/b25-15+. The highest BCUT2D eigenvalue weighted by Crippen LogP contribution is 2.41. The van der Waals surface area contributed by atoms with Crippen molar-refractivity contribution in [1.29, 1.82) is 0 Å². The van der Waals surface area contributed by atoms with Crippen LogP contribution in [0.1, 0.15) is 41.6 Å². The molecule has 2 heterocycles. The molecule has 4 nitrogen and oxygen atoms in total. The maximum Gasteiger partial charge on any atom is 0.271 e. The lowest BCUT2D eigenvalue weighted by Crippen LogP contribution is -2.38. The summed E-state index contributed by atoms with van der Waals surface area (Å²) in [5.74, 6) is 0.442. The lowest BCUT2D eigenvalue weighted by molar-refractivity contribution is 0.338. The highest BCUT2D eigenvalue weighted by Gasteiger charge is 2.32. The summed E-state index contributed by atoms with van der Waals surface area (Å²) in [5, 5.41) is 0. The van der Waals surface area contributed by atoms with Gasteiger partial charge in [0.15, 0.2) is 4.80 Å². The fourth-order valence-electron chi connectivity index (χ4n) is 5.03. The summed E-state index contributed by atoms with van der Waals surface area (Å²) < 4.78 is 23.1. The molecule has 0 fully saturated rings. The number of aromatic nitrogens is 1. The molecule has 0 spiro atoms. The van der Waals surface area contributed by atoms with Gasteiger partial charge in [-0.2, -0.15) is 0 Å². The van der Waals surface area contributed by atoms with E-state index in [0.717, 1.165) is 51.0 Å². The number of hydrogen-bond acceptors (Lipinski definition) is 4. The van der Waals surface area contributed by atoms with Gasteiger partial charge in [-0.15, -0.1) is 0 Å². The first-order valence-corrected chi connectivity index (χ1v) is 13.5. The molecule has 0 saturated heterocycles. The van der Waals surface area contributed by atoms with Gasteiger partial charge in [0.25, 0.3) is 5.56 Å². The minimum Gasteiger partial charge on any atom is -0.493 e. The second kappa shape index (κ2) is 9.30. The van der Waals surface area contributed by atoms with Crippen molar-refractivity contribution in [3.63, 3.8) is 0 Å². The van der Waals surface area contributed by atoms with Crippen LogP contribution in [0.3, 0.4) is 0 Å². The third kappa shape index (κ3) is 3.96. The van der Waals surface area contributed by atoms with Gasteiger partial charge in [-0.1, -0.05) is 53.8 Å². The van der Waals surface area contributed by atoms with Crippen molar-refractivity contribution in [1.82, 2.24) is 4.57 Å². The molecule has 0 saturated carbocycles. The Morgan fingerprint density at radius 3 is 2.81 bits per heavy atom. The predicted octanol–water partition coefficient (Wildman–Crippen LogP) is 5.62. The number of ether oxygens (including phenoxy) is 1. The van der Waals surface area contributed by atoms with Gasteiger partial charge in [-0.25, -0.2) is 9.38 Å². The molecule has 2 aliphatic rings. The SMILES string of the molecule is CCOc1ccc(/C=c2/sc3n(c2=O)C(c2cccc(F)c2)C2=C(N=3)c3ccccc3CC2)cc1Br. The average molecular weight is 561 g/mol. The van der Waals surface area contributed by atoms with Crippen LogP contribution in [0.25, 0.3) is 11.8 Å². The zero-order chi connectivity index (χ0) is 24.8. The van der Waals surface area contributed by atoms with Crippen LogP contribution in [0.15, 0.2) is 86.6 Å². The number of rotatable bonds is 4. The van der Waals surface area contributed by atoms with Crippen molar-refractivity contribution < 1.29 is 9.13 Å².